The Labute approximate surface area is 182 Å². The molecule has 166 valence electrons. The molecule has 3 aromatic carbocycles. The molecule has 1 aliphatic heterocycles. The second-order valence-electron chi connectivity index (χ2n) is 6.72. The van der Waals surface area contributed by atoms with Crippen LogP contribution in [0.25, 0.3) is 11.1 Å². The monoisotopic (exact) mass is 465 g/mol. The quantitative estimate of drug-likeness (QED) is 0.394. The van der Waals surface area contributed by atoms with Gasteiger partial charge in [0.15, 0.2) is 11.0 Å². The Hall–Kier alpha value is -3.40. The highest BCUT2D eigenvalue weighted by Crippen LogP contribution is 2.35. The van der Waals surface area contributed by atoms with Crippen molar-refractivity contribution in [1.82, 2.24) is 0 Å². The van der Waals surface area contributed by atoms with Gasteiger partial charge in [-0.2, -0.15) is 0 Å². The lowest BCUT2D eigenvalue weighted by Gasteiger charge is -2.14. The van der Waals surface area contributed by atoms with Crippen molar-refractivity contribution in [3.05, 3.63) is 77.4 Å². The lowest BCUT2D eigenvalue weighted by molar-refractivity contribution is 0.0450. The molecule has 1 heterocycles. The number of hydrogen-bond donors (Lipinski definition) is 1. The summed E-state index contributed by atoms with van der Waals surface area (Å²) in [6.07, 6.45) is -3.00. The van der Waals surface area contributed by atoms with E-state index < -0.39 is 45.5 Å². The summed E-state index contributed by atoms with van der Waals surface area (Å²) in [5, 5.41) is 0. The van der Waals surface area contributed by atoms with Gasteiger partial charge in [-0.3, -0.25) is 4.72 Å². The molecule has 0 saturated carbocycles. The number of carbonyl (C=O) groups excluding carboxylic acids is 1. The number of fused-ring (bicyclic) bond motifs is 6. The van der Waals surface area contributed by atoms with E-state index in [1.54, 1.807) is 18.2 Å². The third-order valence-electron chi connectivity index (χ3n) is 4.69. The Morgan fingerprint density at radius 1 is 0.906 bits per heavy atom. The van der Waals surface area contributed by atoms with Crippen molar-refractivity contribution >= 4 is 22.6 Å². The molecule has 0 amide bonds. The second-order valence-corrected chi connectivity index (χ2v) is 7.90. The number of anilines is 1. The van der Waals surface area contributed by atoms with E-state index >= 15 is 0 Å². The molecular formula is C22H15F4NO4S. The molecule has 1 aliphatic rings. The zero-order valence-corrected chi connectivity index (χ0v) is 17.1. The number of hydrogen-bond acceptors (Lipinski definition) is 4. The van der Waals surface area contributed by atoms with Crippen molar-refractivity contribution in [2.24, 2.45) is 0 Å². The fraction of sp³-hybridized carbons (Fsp3) is 0.136. The van der Waals surface area contributed by atoms with Crippen LogP contribution >= 0.6 is 0 Å². The van der Waals surface area contributed by atoms with Gasteiger partial charge in [0.1, 0.15) is 30.6 Å². The lowest BCUT2D eigenvalue weighted by atomic mass is 10.0. The average molecular weight is 465 g/mol. The standard InChI is InChI=1S/C22H15F4NO4S/c23-16-11-17(24)18-10-15(16)13-3-1-2-4-19(13)30-7-8-31-22(28)12-5-6-14(21(25)26)20(9-12)32(29)27-18/h1-6,9-11,21,27H,7-8H2. The fourth-order valence-electron chi connectivity index (χ4n) is 3.17. The van der Waals surface area contributed by atoms with Crippen LogP contribution in [0, 0.1) is 11.6 Å². The summed E-state index contributed by atoms with van der Waals surface area (Å²) >= 11 is 0. The summed E-state index contributed by atoms with van der Waals surface area (Å²) in [5.41, 5.74) is -0.883. The summed E-state index contributed by atoms with van der Waals surface area (Å²) in [6.45, 7) is -0.262. The first-order valence-electron chi connectivity index (χ1n) is 9.34. The van der Waals surface area contributed by atoms with Crippen LogP contribution in [0.1, 0.15) is 22.3 Å². The Morgan fingerprint density at radius 2 is 1.66 bits per heavy atom. The summed E-state index contributed by atoms with van der Waals surface area (Å²) < 4.78 is 81.9. The molecule has 0 saturated heterocycles. The summed E-state index contributed by atoms with van der Waals surface area (Å²) in [7, 11) is -2.40. The number of nitrogens with one attached hydrogen (secondary N) is 1. The highest BCUT2D eigenvalue weighted by Gasteiger charge is 2.23. The Kier molecular flexibility index (Phi) is 6.13. The zero-order valence-electron chi connectivity index (χ0n) is 16.2. The smallest absolute Gasteiger partial charge is 0.338 e. The van der Waals surface area contributed by atoms with Gasteiger partial charge >= 0.3 is 5.97 Å². The van der Waals surface area contributed by atoms with Crippen molar-refractivity contribution in [3.63, 3.8) is 0 Å². The van der Waals surface area contributed by atoms with Gasteiger partial charge in [0.2, 0.25) is 0 Å². The first-order valence-corrected chi connectivity index (χ1v) is 10.5. The summed E-state index contributed by atoms with van der Waals surface area (Å²) in [6, 6.07) is 11.1. The van der Waals surface area contributed by atoms with Crippen molar-refractivity contribution in [2.75, 3.05) is 17.9 Å². The second kappa shape index (κ2) is 8.99. The number of para-hydroxylation sites is 1. The van der Waals surface area contributed by atoms with Crippen LogP contribution in [0.15, 0.2) is 59.5 Å². The number of alkyl halides is 2. The fourth-order valence-corrected chi connectivity index (χ4v) is 4.25. The number of esters is 1. The predicted octanol–water partition coefficient (Wildman–Crippen LogP) is 5.25. The average Bonchev–Trinajstić information content (AvgIpc) is 2.77. The highest BCUT2D eigenvalue weighted by atomic mass is 32.2. The van der Waals surface area contributed by atoms with Gasteiger partial charge in [0.05, 0.1) is 16.1 Å². The maximum Gasteiger partial charge on any atom is 0.338 e. The van der Waals surface area contributed by atoms with Crippen molar-refractivity contribution in [3.8, 4) is 16.9 Å². The van der Waals surface area contributed by atoms with E-state index in [2.05, 4.69) is 4.72 Å². The minimum atomic E-state index is -3.00. The molecule has 4 rings (SSSR count). The van der Waals surface area contributed by atoms with Crippen LogP contribution in [-0.4, -0.2) is 23.4 Å². The van der Waals surface area contributed by atoms with Crippen LogP contribution in [0.2, 0.25) is 0 Å². The van der Waals surface area contributed by atoms with Crippen molar-refractivity contribution in [2.45, 2.75) is 11.3 Å². The molecule has 1 atom stereocenters. The molecule has 5 nitrogen and oxygen atoms in total. The molecule has 0 aliphatic carbocycles. The van der Waals surface area contributed by atoms with E-state index in [9.17, 15) is 26.6 Å². The molecule has 0 radical (unpaired) electrons. The number of cyclic esters (lactones) is 1. The summed E-state index contributed by atoms with van der Waals surface area (Å²) in [4.78, 5) is 11.9. The molecule has 0 spiro atoms. The maximum absolute atomic E-state index is 14.6. The number of benzene rings is 3. The van der Waals surface area contributed by atoms with Crippen LogP contribution in [-0.2, 0) is 15.7 Å². The lowest BCUT2D eigenvalue weighted by Crippen LogP contribution is -2.14. The Balaban J connectivity index is 1.87. The van der Waals surface area contributed by atoms with Gasteiger partial charge < -0.3 is 9.47 Å². The number of ether oxygens (including phenoxy) is 2. The van der Waals surface area contributed by atoms with Crippen molar-refractivity contribution < 1.29 is 36.0 Å². The van der Waals surface area contributed by atoms with Crippen molar-refractivity contribution in [1.29, 1.82) is 0 Å². The minimum absolute atomic E-state index is 0.0591. The molecule has 1 N–H and O–H groups in total. The van der Waals surface area contributed by atoms with Gasteiger partial charge in [-0.05, 0) is 24.3 Å². The predicted molar refractivity (Wildman–Crippen MR) is 109 cm³/mol. The Morgan fingerprint density at radius 3 is 2.44 bits per heavy atom. The first-order chi connectivity index (χ1) is 15.3. The molecule has 1 unspecified atom stereocenters. The molecular weight excluding hydrogens is 450 g/mol. The largest absolute Gasteiger partial charge is 0.489 e. The van der Waals surface area contributed by atoms with Gasteiger partial charge in [0.25, 0.3) is 6.43 Å². The van der Waals surface area contributed by atoms with E-state index in [1.807, 2.05) is 0 Å². The maximum atomic E-state index is 14.6. The topological polar surface area (TPSA) is 64.6 Å². The van der Waals surface area contributed by atoms with E-state index in [0.29, 0.717) is 6.07 Å². The van der Waals surface area contributed by atoms with Gasteiger partial charge in [0, 0.05) is 22.8 Å². The van der Waals surface area contributed by atoms with E-state index in [-0.39, 0.29) is 41.3 Å². The van der Waals surface area contributed by atoms with Crippen LogP contribution in [0.4, 0.5) is 23.2 Å². The normalized spacial score (nSPS) is 16.2. The number of rotatable bonds is 1. The third-order valence-corrected chi connectivity index (χ3v) is 5.85. The number of carbonyl (C=O) groups is 1. The summed E-state index contributed by atoms with van der Waals surface area (Å²) in [5.74, 6) is -2.57. The Bertz CT molecular complexity index is 1220. The highest BCUT2D eigenvalue weighted by molar-refractivity contribution is 7.86. The van der Waals surface area contributed by atoms with Crippen LogP contribution in [0.5, 0.6) is 5.75 Å². The minimum Gasteiger partial charge on any atom is -0.489 e. The molecule has 3 aromatic rings. The van der Waals surface area contributed by atoms with Crippen LogP contribution < -0.4 is 9.46 Å². The molecule has 0 fully saturated rings. The molecule has 10 heteroatoms. The third kappa shape index (κ3) is 4.31. The van der Waals surface area contributed by atoms with Crippen LogP contribution in [0.3, 0.4) is 0 Å². The van der Waals surface area contributed by atoms with Gasteiger partial charge in [-0.15, -0.1) is 0 Å². The SMILES string of the molecule is O=C1OCCOc2ccccc2-c2cc(c(F)cc2F)NS(=O)c2cc1ccc2C(F)F. The van der Waals surface area contributed by atoms with E-state index in [4.69, 9.17) is 9.47 Å². The van der Waals surface area contributed by atoms with E-state index in [0.717, 1.165) is 24.3 Å². The molecule has 4 bridgehead atoms. The molecule has 0 aromatic heterocycles. The zero-order chi connectivity index (χ0) is 22.8. The first kappa shape index (κ1) is 21.8. The van der Waals surface area contributed by atoms with Gasteiger partial charge in [-0.1, -0.05) is 24.3 Å². The number of halogens is 4. The van der Waals surface area contributed by atoms with E-state index in [1.165, 1.54) is 6.07 Å². The van der Waals surface area contributed by atoms with Gasteiger partial charge in [-0.25, -0.2) is 26.6 Å². The molecule has 32 heavy (non-hydrogen) atoms.